The van der Waals surface area contributed by atoms with E-state index in [1.54, 1.807) is 4.90 Å². The van der Waals surface area contributed by atoms with Gasteiger partial charge in [0.05, 0.1) is 11.4 Å². The molecule has 3 rings (SSSR count). The van der Waals surface area contributed by atoms with Gasteiger partial charge in [-0.15, -0.1) is 11.8 Å². The fourth-order valence-corrected chi connectivity index (χ4v) is 3.47. The van der Waals surface area contributed by atoms with Gasteiger partial charge in [-0.1, -0.05) is 60.7 Å². The molecule has 0 atom stereocenters. The molecule has 0 spiro atoms. The Morgan fingerprint density at radius 1 is 1.04 bits per heavy atom. The SMILES string of the molecule is O=C(CN1C(=O)CSC=C1c1ccccc1)NCCc1ccccc1. The molecule has 2 amide bonds. The van der Waals surface area contributed by atoms with Crippen LogP contribution in [0.5, 0.6) is 0 Å². The number of benzene rings is 2. The van der Waals surface area contributed by atoms with Gasteiger partial charge in [-0.25, -0.2) is 0 Å². The highest BCUT2D eigenvalue weighted by Crippen LogP contribution is 2.27. The van der Waals surface area contributed by atoms with Gasteiger partial charge in [0.1, 0.15) is 6.54 Å². The van der Waals surface area contributed by atoms with Gasteiger partial charge in [0.25, 0.3) is 0 Å². The lowest BCUT2D eigenvalue weighted by Crippen LogP contribution is -2.42. The molecular formula is C20H20N2O2S. The lowest BCUT2D eigenvalue weighted by atomic mass is 10.1. The highest BCUT2D eigenvalue weighted by Gasteiger charge is 2.25. The van der Waals surface area contributed by atoms with E-state index in [4.69, 9.17) is 0 Å². The largest absolute Gasteiger partial charge is 0.354 e. The van der Waals surface area contributed by atoms with E-state index in [1.807, 2.05) is 66.1 Å². The highest BCUT2D eigenvalue weighted by molar-refractivity contribution is 8.03. The van der Waals surface area contributed by atoms with Crippen molar-refractivity contribution in [3.05, 3.63) is 77.2 Å². The smallest absolute Gasteiger partial charge is 0.240 e. The first-order chi connectivity index (χ1) is 12.2. The fourth-order valence-electron chi connectivity index (χ4n) is 2.66. The van der Waals surface area contributed by atoms with Crippen LogP contribution < -0.4 is 5.32 Å². The second-order valence-corrected chi connectivity index (χ2v) is 6.60. The molecule has 0 saturated heterocycles. The van der Waals surface area contributed by atoms with Crippen molar-refractivity contribution < 1.29 is 9.59 Å². The minimum absolute atomic E-state index is 0.0374. The molecule has 4 nitrogen and oxygen atoms in total. The number of carbonyl (C=O) groups excluding carboxylic acids is 2. The lowest BCUT2D eigenvalue weighted by Gasteiger charge is -2.28. The molecule has 0 fully saturated rings. The quantitative estimate of drug-likeness (QED) is 0.870. The van der Waals surface area contributed by atoms with Crippen molar-refractivity contribution in [1.82, 2.24) is 10.2 Å². The molecule has 0 bridgehead atoms. The van der Waals surface area contributed by atoms with Crippen LogP contribution in [0.15, 0.2) is 66.1 Å². The third kappa shape index (κ3) is 4.73. The van der Waals surface area contributed by atoms with E-state index in [1.165, 1.54) is 17.3 Å². The summed E-state index contributed by atoms with van der Waals surface area (Å²) in [5.41, 5.74) is 2.92. The zero-order chi connectivity index (χ0) is 17.5. The van der Waals surface area contributed by atoms with Crippen LogP contribution in [0.25, 0.3) is 5.70 Å². The molecule has 0 saturated carbocycles. The van der Waals surface area contributed by atoms with Crippen LogP contribution in [0.1, 0.15) is 11.1 Å². The van der Waals surface area contributed by atoms with Crippen molar-refractivity contribution in [2.75, 3.05) is 18.8 Å². The maximum absolute atomic E-state index is 12.3. The van der Waals surface area contributed by atoms with E-state index < -0.39 is 0 Å². The van der Waals surface area contributed by atoms with Crippen LogP contribution >= 0.6 is 11.8 Å². The lowest BCUT2D eigenvalue weighted by molar-refractivity contribution is -0.131. The average molecular weight is 352 g/mol. The van der Waals surface area contributed by atoms with E-state index in [-0.39, 0.29) is 18.4 Å². The summed E-state index contributed by atoms with van der Waals surface area (Å²) in [5.74, 6) is 0.191. The van der Waals surface area contributed by atoms with Crippen LogP contribution in [0, 0.1) is 0 Å². The fraction of sp³-hybridized carbons (Fsp3) is 0.200. The molecule has 5 heteroatoms. The van der Waals surface area contributed by atoms with Gasteiger partial charge in [-0.2, -0.15) is 0 Å². The molecule has 1 aliphatic rings. The van der Waals surface area contributed by atoms with Gasteiger partial charge in [-0.05, 0) is 23.0 Å². The molecule has 128 valence electrons. The Balaban J connectivity index is 1.59. The van der Waals surface area contributed by atoms with Crippen LogP contribution in [0.2, 0.25) is 0 Å². The molecule has 2 aromatic carbocycles. The van der Waals surface area contributed by atoms with Gasteiger partial charge in [0.2, 0.25) is 11.8 Å². The van der Waals surface area contributed by atoms with Gasteiger partial charge in [0.15, 0.2) is 0 Å². The molecular weight excluding hydrogens is 332 g/mol. The minimum atomic E-state index is -0.141. The Morgan fingerprint density at radius 2 is 1.72 bits per heavy atom. The number of nitrogens with one attached hydrogen (secondary N) is 1. The van der Waals surface area contributed by atoms with Crippen molar-refractivity contribution in [2.24, 2.45) is 0 Å². The first-order valence-electron chi connectivity index (χ1n) is 8.22. The van der Waals surface area contributed by atoms with Gasteiger partial charge in [0, 0.05) is 6.54 Å². The molecule has 1 heterocycles. The van der Waals surface area contributed by atoms with Gasteiger partial charge >= 0.3 is 0 Å². The number of hydrogen-bond donors (Lipinski definition) is 1. The Morgan fingerprint density at radius 3 is 2.44 bits per heavy atom. The summed E-state index contributed by atoms with van der Waals surface area (Å²) in [6.45, 7) is 0.610. The predicted molar refractivity (Wildman–Crippen MR) is 102 cm³/mol. The molecule has 25 heavy (non-hydrogen) atoms. The van der Waals surface area contributed by atoms with E-state index in [0.29, 0.717) is 12.3 Å². The first-order valence-corrected chi connectivity index (χ1v) is 9.27. The summed E-state index contributed by atoms with van der Waals surface area (Å²) >= 11 is 1.47. The summed E-state index contributed by atoms with van der Waals surface area (Å²) in [4.78, 5) is 26.2. The van der Waals surface area contributed by atoms with E-state index in [2.05, 4.69) is 5.32 Å². The molecule has 2 aromatic rings. The molecule has 1 N–H and O–H groups in total. The summed E-state index contributed by atoms with van der Waals surface area (Å²) in [6.07, 6.45) is 0.776. The third-order valence-electron chi connectivity index (χ3n) is 3.94. The molecule has 1 aliphatic heterocycles. The topological polar surface area (TPSA) is 49.4 Å². The van der Waals surface area contributed by atoms with Crippen LogP contribution in [-0.2, 0) is 16.0 Å². The average Bonchev–Trinajstić information content (AvgIpc) is 2.65. The summed E-state index contributed by atoms with van der Waals surface area (Å²) in [5, 5.41) is 4.86. The highest BCUT2D eigenvalue weighted by atomic mass is 32.2. The zero-order valence-corrected chi connectivity index (χ0v) is 14.7. The Bertz CT molecular complexity index is 760. The number of rotatable bonds is 6. The van der Waals surface area contributed by atoms with E-state index in [0.717, 1.165) is 17.7 Å². The van der Waals surface area contributed by atoms with Crippen molar-refractivity contribution in [2.45, 2.75) is 6.42 Å². The molecule has 0 unspecified atom stereocenters. The minimum Gasteiger partial charge on any atom is -0.354 e. The predicted octanol–water partition coefficient (Wildman–Crippen LogP) is 2.92. The maximum Gasteiger partial charge on any atom is 0.240 e. The number of nitrogens with zero attached hydrogens (tertiary/aromatic N) is 1. The van der Waals surface area contributed by atoms with Crippen molar-refractivity contribution in [3.8, 4) is 0 Å². The summed E-state index contributed by atoms with van der Waals surface area (Å²) in [7, 11) is 0. The number of hydrogen-bond acceptors (Lipinski definition) is 3. The number of carbonyl (C=O) groups is 2. The van der Waals surface area contributed by atoms with Crippen LogP contribution in [0.4, 0.5) is 0 Å². The Hall–Kier alpha value is -2.53. The number of amides is 2. The first kappa shape index (κ1) is 17.3. The molecule has 0 aliphatic carbocycles. The third-order valence-corrected chi connectivity index (χ3v) is 4.75. The zero-order valence-electron chi connectivity index (χ0n) is 13.9. The number of thioether (sulfide) groups is 1. The Kier molecular flexibility index (Phi) is 5.90. The monoisotopic (exact) mass is 352 g/mol. The van der Waals surface area contributed by atoms with E-state index >= 15 is 0 Å². The summed E-state index contributed by atoms with van der Waals surface area (Å²) in [6, 6.07) is 19.7. The van der Waals surface area contributed by atoms with Crippen LogP contribution in [-0.4, -0.2) is 35.6 Å². The normalized spacial score (nSPS) is 14.2. The van der Waals surface area contributed by atoms with Crippen molar-refractivity contribution >= 4 is 29.3 Å². The standard InChI is InChI=1S/C20H20N2O2S/c23-19(21-12-11-16-7-3-1-4-8-16)13-22-18(14-25-15-20(22)24)17-9-5-2-6-10-17/h1-10,14H,11-13,15H2,(H,21,23). The summed E-state index contributed by atoms with van der Waals surface area (Å²) < 4.78 is 0. The maximum atomic E-state index is 12.3. The second-order valence-electron chi connectivity index (χ2n) is 5.75. The molecule has 0 aromatic heterocycles. The van der Waals surface area contributed by atoms with Gasteiger partial charge in [-0.3, -0.25) is 9.59 Å². The van der Waals surface area contributed by atoms with E-state index in [9.17, 15) is 9.59 Å². The van der Waals surface area contributed by atoms with Crippen LogP contribution in [0.3, 0.4) is 0 Å². The van der Waals surface area contributed by atoms with Crippen molar-refractivity contribution in [3.63, 3.8) is 0 Å². The van der Waals surface area contributed by atoms with Crippen molar-refractivity contribution in [1.29, 1.82) is 0 Å². The van der Waals surface area contributed by atoms with Gasteiger partial charge < -0.3 is 10.2 Å². The molecule has 0 radical (unpaired) electrons. The Labute approximate surface area is 151 Å². The second kappa shape index (κ2) is 8.53.